The quantitative estimate of drug-likeness (QED) is 0.520. The van der Waals surface area contributed by atoms with Gasteiger partial charge in [0.15, 0.2) is 0 Å². The van der Waals surface area contributed by atoms with Gasteiger partial charge in [0.05, 0.1) is 28.3 Å². The summed E-state index contributed by atoms with van der Waals surface area (Å²) in [6.07, 6.45) is 0.695. The summed E-state index contributed by atoms with van der Waals surface area (Å²) in [5.74, 6) is 1.87. The van der Waals surface area contributed by atoms with Gasteiger partial charge in [-0.3, -0.25) is 19.8 Å². The molecular weight excluding hydrogens is 384 g/mol. The minimum absolute atomic E-state index is 0.0116. The summed E-state index contributed by atoms with van der Waals surface area (Å²) in [5.41, 5.74) is 1.72. The first kappa shape index (κ1) is 20.0. The van der Waals surface area contributed by atoms with E-state index in [1.807, 2.05) is 26.8 Å². The van der Waals surface area contributed by atoms with E-state index in [4.69, 9.17) is 4.42 Å². The highest BCUT2D eigenvalue weighted by Crippen LogP contribution is 2.31. The van der Waals surface area contributed by atoms with Gasteiger partial charge in [-0.25, -0.2) is 4.98 Å². The van der Waals surface area contributed by atoms with Gasteiger partial charge in [-0.05, 0) is 18.2 Å². The van der Waals surface area contributed by atoms with E-state index >= 15 is 0 Å². The molecular formula is C22H24N4O4. The van der Waals surface area contributed by atoms with Gasteiger partial charge >= 0.3 is 0 Å². The molecule has 1 aliphatic rings. The molecule has 1 aliphatic heterocycles. The maximum absolute atomic E-state index is 12.6. The van der Waals surface area contributed by atoms with Crippen LogP contribution >= 0.6 is 0 Å². The number of para-hydroxylation sites is 1. The first-order valence-corrected chi connectivity index (χ1v) is 9.90. The van der Waals surface area contributed by atoms with Crippen LogP contribution in [0.2, 0.25) is 0 Å². The largest absolute Gasteiger partial charge is 0.459 e. The molecule has 3 aromatic rings. The lowest BCUT2D eigenvalue weighted by Crippen LogP contribution is -2.37. The standard InChI is InChI=1S/C22H24N4O4/c1-22(2,3)21-23-17-10-11-25(13-16(17)20(27)24-21)12-14-8-9-19(30-14)15-6-4-5-7-18(15)26(28)29/h4-9H,10-13H2,1-3H3,(H,23,24,27). The molecule has 4 rings (SSSR count). The smallest absolute Gasteiger partial charge is 0.280 e. The molecule has 8 heteroatoms. The lowest BCUT2D eigenvalue weighted by atomic mass is 9.95. The molecule has 156 valence electrons. The number of hydrogen-bond donors (Lipinski definition) is 1. The Morgan fingerprint density at radius 1 is 1.23 bits per heavy atom. The summed E-state index contributed by atoms with van der Waals surface area (Å²) in [6, 6.07) is 10.1. The number of H-pyrrole nitrogens is 1. The summed E-state index contributed by atoms with van der Waals surface area (Å²) in [5, 5.41) is 11.3. The van der Waals surface area contributed by atoms with E-state index in [1.54, 1.807) is 24.3 Å². The van der Waals surface area contributed by atoms with Crippen molar-refractivity contribution in [2.45, 2.75) is 45.7 Å². The second-order valence-corrected chi connectivity index (χ2v) is 8.59. The zero-order chi connectivity index (χ0) is 21.5. The van der Waals surface area contributed by atoms with Crippen LogP contribution in [0.5, 0.6) is 0 Å². The van der Waals surface area contributed by atoms with E-state index in [9.17, 15) is 14.9 Å². The van der Waals surface area contributed by atoms with E-state index in [2.05, 4.69) is 14.9 Å². The lowest BCUT2D eigenvalue weighted by molar-refractivity contribution is -0.384. The Morgan fingerprint density at radius 2 is 2.00 bits per heavy atom. The molecule has 0 fully saturated rings. The van der Waals surface area contributed by atoms with Crippen LogP contribution in [-0.2, 0) is 24.9 Å². The molecule has 1 aromatic carbocycles. The zero-order valence-corrected chi connectivity index (χ0v) is 17.3. The number of furan rings is 1. The number of rotatable bonds is 4. The monoisotopic (exact) mass is 408 g/mol. The second kappa shape index (κ2) is 7.53. The van der Waals surface area contributed by atoms with Crippen molar-refractivity contribution < 1.29 is 9.34 Å². The van der Waals surface area contributed by atoms with E-state index < -0.39 is 4.92 Å². The minimum Gasteiger partial charge on any atom is -0.459 e. The average molecular weight is 408 g/mol. The fraction of sp³-hybridized carbons (Fsp3) is 0.364. The molecule has 0 aliphatic carbocycles. The molecule has 0 saturated heterocycles. The first-order chi connectivity index (χ1) is 14.2. The predicted molar refractivity (Wildman–Crippen MR) is 112 cm³/mol. The highest BCUT2D eigenvalue weighted by atomic mass is 16.6. The molecule has 0 saturated carbocycles. The molecule has 0 amide bonds. The van der Waals surface area contributed by atoms with E-state index in [1.165, 1.54) is 6.07 Å². The molecule has 2 aromatic heterocycles. The van der Waals surface area contributed by atoms with E-state index in [0.29, 0.717) is 48.0 Å². The predicted octanol–water partition coefficient (Wildman–Crippen LogP) is 3.79. The van der Waals surface area contributed by atoms with Crippen molar-refractivity contribution in [3.8, 4) is 11.3 Å². The van der Waals surface area contributed by atoms with Gasteiger partial charge in [0.1, 0.15) is 17.3 Å². The van der Waals surface area contributed by atoms with Gasteiger partial charge in [-0.1, -0.05) is 32.9 Å². The highest BCUT2D eigenvalue weighted by molar-refractivity contribution is 5.69. The SMILES string of the molecule is CC(C)(C)c1nc2c(c(=O)[nH]1)CN(Cc1ccc(-c3ccccc3[N+](=O)[O-])o1)CC2. The third kappa shape index (κ3) is 3.91. The number of nitro benzene ring substituents is 1. The van der Waals surface area contributed by atoms with Crippen molar-refractivity contribution in [1.82, 2.24) is 14.9 Å². The van der Waals surface area contributed by atoms with Gasteiger partial charge < -0.3 is 9.40 Å². The Morgan fingerprint density at radius 3 is 2.73 bits per heavy atom. The van der Waals surface area contributed by atoms with Crippen LogP contribution in [0.1, 0.15) is 43.6 Å². The molecule has 1 N–H and O–H groups in total. The fourth-order valence-electron chi connectivity index (χ4n) is 3.64. The third-order valence-corrected chi connectivity index (χ3v) is 5.27. The number of nitro groups is 1. The van der Waals surface area contributed by atoms with Crippen molar-refractivity contribution in [2.24, 2.45) is 0 Å². The van der Waals surface area contributed by atoms with Gasteiger partial charge in [-0.15, -0.1) is 0 Å². The van der Waals surface area contributed by atoms with Crippen LogP contribution < -0.4 is 5.56 Å². The number of benzene rings is 1. The molecule has 0 atom stereocenters. The van der Waals surface area contributed by atoms with Crippen molar-refractivity contribution in [3.05, 3.63) is 79.7 Å². The van der Waals surface area contributed by atoms with Gasteiger partial charge in [0.25, 0.3) is 11.2 Å². The molecule has 30 heavy (non-hydrogen) atoms. The number of nitrogens with zero attached hydrogens (tertiary/aromatic N) is 3. The van der Waals surface area contributed by atoms with Crippen LogP contribution in [0, 0.1) is 10.1 Å². The van der Waals surface area contributed by atoms with Crippen molar-refractivity contribution in [2.75, 3.05) is 6.54 Å². The lowest BCUT2D eigenvalue weighted by Gasteiger charge is -2.28. The number of aromatic nitrogens is 2. The Bertz CT molecular complexity index is 1160. The van der Waals surface area contributed by atoms with Crippen LogP contribution in [0.4, 0.5) is 5.69 Å². The van der Waals surface area contributed by atoms with Crippen molar-refractivity contribution in [1.29, 1.82) is 0 Å². The summed E-state index contributed by atoms with van der Waals surface area (Å²) >= 11 is 0. The Kier molecular flexibility index (Phi) is 5.03. The maximum Gasteiger partial charge on any atom is 0.280 e. The number of nitrogens with one attached hydrogen (secondary N) is 1. The van der Waals surface area contributed by atoms with Crippen LogP contribution in [-0.4, -0.2) is 26.3 Å². The molecule has 0 bridgehead atoms. The third-order valence-electron chi connectivity index (χ3n) is 5.27. The molecule has 0 spiro atoms. The Labute approximate surface area is 173 Å². The van der Waals surface area contributed by atoms with Crippen molar-refractivity contribution in [3.63, 3.8) is 0 Å². The van der Waals surface area contributed by atoms with Gasteiger partial charge in [0.2, 0.25) is 0 Å². The summed E-state index contributed by atoms with van der Waals surface area (Å²) in [6.45, 7) is 7.84. The Balaban J connectivity index is 1.53. The summed E-state index contributed by atoms with van der Waals surface area (Å²) in [4.78, 5) is 33.2. The van der Waals surface area contributed by atoms with Crippen LogP contribution in [0.3, 0.4) is 0 Å². The summed E-state index contributed by atoms with van der Waals surface area (Å²) < 4.78 is 5.90. The van der Waals surface area contributed by atoms with E-state index in [-0.39, 0.29) is 16.7 Å². The average Bonchev–Trinajstić information content (AvgIpc) is 3.16. The zero-order valence-electron chi connectivity index (χ0n) is 17.3. The minimum atomic E-state index is -0.412. The number of hydrogen-bond acceptors (Lipinski definition) is 6. The normalized spacial score (nSPS) is 14.5. The fourth-order valence-corrected chi connectivity index (χ4v) is 3.64. The first-order valence-electron chi connectivity index (χ1n) is 9.90. The second-order valence-electron chi connectivity index (χ2n) is 8.59. The summed E-state index contributed by atoms with van der Waals surface area (Å²) in [7, 11) is 0. The highest BCUT2D eigenvalue weighted by Gasteiger charge is 2.25. The molecule has 0 unspecified atom stereocenters. The molecule has 3 heterocycles. The number of fused-ring (bicyclic) bond motifs is 1. The maximum atomic E-state index is 12.6. The van der Waals surface area contributed by atoms with Gasteiger partial charge in [-0.2, -0.15) is 0 Å². The number of aromatic amines is 1. The Hall–Kier alpha value is -3.26. The molecule has 0 radical (unpaired) electrons. The topological polar surface area (TPSA) is 105 Å². The van der Waals surface area contributed by atoms with E-state index in [0.717, 1.165) is 12.2 Å². The molecule has 8 nitrogen and oxygen atoms in total. The van der Waals surface area contributed by atoms with Crippen molar-refractivity contribution >= 4 is 5.69 Å². The van der Waals surface area contributed by atoms with Crippen LogP contribution in [0.25, 0.3) is 11.3 Å². The van der Waals surface area contributed by atoms with Gasteiger partial charge in [0, 0.05) is 31.0 Å². The van der Waals surface area contributed by atoms with Crippen LogP contribution in [0.15, 0.2) is 45.6 Å².